The quantitative estimate of drug-likeness (QED) is 0.726. The molecule has 0 heterocycles. The molecule has 0 spiro atoms. The summed E-state index contributed by atoms with van der Waals surface area (Å²) >= 11 is 1.71. The Bertz CT molecular complexity index is 300. The number of hydrogen-bond donors (Lipinski definition) is 1. The highest BCUT2D eigenvalue weighted by atomic mass is 32.2. The van der Waals surface area contributed by atoms with Crippen molar-refractivity contribution >= 4 is 11.8 Å². The Kier molecular flexibility index (Phi) is 6.89. The lowest BCUT2D eigenvalue weighted by Gasteiger charge is -2.09. The Morgan fingerprint density at radius 3 is 2.29 bits per heavy atom. The molecule has 1 aromatic rings. The van der Waals surface area contributed by atoms with Gasteiger partial charge in [-0.25, -0.2) is 0 Å². The summed E-state index contributed by atoms with van der Waals surface area (Å²) in [6.45, 7) is 5.51. The summed E-state index contributed by atoms with van der Waals surface area (Å²) in [5.41, 5.74) is 0. The van der Waals surface area contributed by atoms with Crippen molar-refractivity contribution in [1.82, 2.24) is 0 Å². The topological polar surface area (TPSA) is 38.7 Å². The van der Waals surface area contributed by atoms with Gasteiger partial charge < -0.3 is 14.6 Å². The summed E-state index contributed by atoms with van der Waals surface area (Å²) in [6.07, 6.45) is 0. The molecule has 1 aromatic carbocycles. The molecule has 0 aliphatic rings. The summed E-state index contributed by atoms with van der Waals surface area (Å²) in [7, 11) is 0. The third kappa shape index (κ3) is 5.84. The van der Waals surface area contributed by atoms with E-state index >= 15 is 0 Å². The number of rotatable bonds is 8. The largest absolute Gasteiger partial charge is 0.494 e. The molecule has 0 aromatic heterocycles. The second-order valence-electron chi connectivity index (χ2n) is 3.62. The number of thioether (sulfide) groups is 1. The molecular weight excluding hydrogens is 236 g/mol. The molecule has 4 heteroatoms. The average Bonchev–Trinajstić information content (AvgIpc) is 2.36. The molecule has 1 unspecified atom stereocenters. The second kappa shape index (κ2) is 8.25. The van der Waals surface area contributed by atoms with E-state index in [-0.39, 0.29) is 11.9 Å². The van der Waals surface area contributed by atoms with Crippen LogP contribution in [0.1, 0.15) is 13.8 Å². The molecule has 0 fully saturated rings. The summed E-state index contributed by atoms with van der Waals surface area (Å²) in [6, 6.07) is 7.63. The van der Waals surface area contributed by atoms with Crippen molar-refractivity contribution in [2.75, 3.05) is 25.6 Å². The van der Waals surface area contributed by atoms with Gasteiger partial charge in [0.1, 0.15) is 11.5 Å². The minimum atomic E-state index is 0.216. The van der Waals surface area contributed by atoms with Gasteiger partial charge in [0.2, 0.25) is 0 Å². The molecule has 0 radical (unpaired) electrons. The van der Waals surface area contributed by atoms with Gasteiger partial charge in [-0.1, -0.05) is 6.92 Å². The van der Waals surface area contributed by atoms with Gasteiger partial charge >= 0.3 is 0 Å². The fraction of sp³-hybridized carbons (Fsp3) is 0.538. The van der Waals surface area contributed by atoms with E-state index in [1.807, 2.05) is 38.1 Å². The number of ether oxygens (including phenoxy) is 2. The van der Waals surface area contributed by atoms with Gasteiger partial charge in [0, 0.05) is 11.0 Å². The Morgan fingerprint density at radius 1 is 1.18 bits per heavy atom. The molecule has 0 saturated heterocycles. The van der Waals surface area contributed by atoms with Crippen molar-refractivity contribution in [2.24, 2.45) is 0 Å². The normalized spacial score (nSPS) is 12.2. The first-order valence-corrected chi connectivity index (χ1v) is 6.89. The fourth-order valence-electron chi connectivity index (χ4n) is 1.26. The molecule has 1 rings (SSSR count). The van der Waals surface area contributed by atoms with Crippen LogP contribution >= 0.6 is 11.8 Å². The van der Waals surface area contributed by atoms with Crippen molar-refractivity contribution in [1.29, 1.82) is 0 Å². The molecule has 0 bridgehead atoms. The van der Waals surface area contributed by atoms with E-state index in [9.17, 15) is 0 Å². The first-order chi connectivity index (χ1) is 8.26. The molecule has 17 heavy (non-hydrogen) atoms. The second-order valence-corrected chi connectivity index (χ2v) is 5.16. The predicted octanol–water partition coefficient (Wildman–Crippen LogP) is 2.58. The molecule has 1 N–H and O–H groups in total. The van der Waals surface area contributed by atoms with Crippen molar-refractivity contribution in [3.05, 3.63) is 24.3 Å². The van der Waals surface area contributed by atoms with E-state index in [4.69, 9.17) is 14.6 Å². The van der Waals surface area contributed by atoms with Gasteiger partial charge in [0.05, 0.1) is 19.8 Å². The van der Waals surface area contributed by atoms with Crippen LogP contribution in [0.15, 0.2) is 24.3 Å². The van der Waals surface area contributed by atoms with E-state index in [2.05, 4.69) is 0 Å². The highest BCUT2D eigenvalue weighted by molar-refractivity contribution is 7.99. The Balaban J connectivity index is 2.23. The van der Waals surface area contributed by atoms with Gasteiger partial charge in [0.25, 0.3) is 0 Å². The van der Waals surface area contributed by atoms with Crippen LogP contribution in [0.2, 0.25) is 0 Å². The smallest absolute Gasteiger partial charge is 0.119 e. The summed E-state index contributed by atoms with van der Waals surface area (Å²) in [5.74, 6) is 2.60. The maximum absolute atomic E-state index is 8.86. The fourth-order valence-corrected chi connectivity index (χ4v) is 1.95. The van der Waals surface area contributed by atoms with Gasteiger partial charge in [-0.15, -0.1) is 0 Å². The lowest BCUT2D eigenvalue weighted by molar-refractivity contribution is 0.299. The van der Waals surface area contributed by atoms with Crippen LogP contribution in [0.5, 0.6) is 11.5 Å². The highest BCUT2D eigenvalue weighted by Crippen LogP contribution is 2.18. The van der Waals surface area contributed by atoms with Gasteiger partial charge in [0.15, 0.2) is 0 Å². The van der Waals surface area contributed by atoms with Crippen molar-refractivity contribution < 1.29 is 14.6 Å². The maximum Gasteiger partial charge on any atom is 0.119 e. The molecule has 96 valence electrons. The molecule has 0 amide bonds. The molecular formula is C13H20O3S. The lowest BCUT2D eigenvalue weighted by atomic mass is 10.3. The lowest BCUT2D eigenvalue weighted by Crippen LogP contribution is -2.07. The number of hydrogen-bond acceptors (Lipinski definition) is 4. The Morgan fingerprint density at radius 2 is 1.76 bits per heavy atom. The van der Waals surface area contributed by atoms with E-state index in [1.165, 1.54) is 0 Å². The van der Waals surface area contributed by atoms with Crippen molar-refractivity contribution in [3.63, 3.8) is 0 Å². The predicted molar refractivity (Wildman–Crippen MR) is 72.1 cm³/mol. The summed E-state index contributed by atoms with van der Waals surface area (Å²) in [5, 5.41) is 9.13. The Labute approximate surface area is 107 Å². The van der Waals surface area contributed by atoms with Gasteiger partial charge in [-0.3, -0.25) is 0 Å². The number of aliphatic hydroxyl groups is 1. The van der Waals surface area contributed by atoms with Crippen LogP contribution in [0.25, 0.3) is 0 Å². The molecule has 1 atom stereocenters. The standard InChI is InChI=1S/C13H20O3S/c1-3-15-12-4-6-13(7-5-12)16-8-9-17-11(2)10-14/h4-7,11,14H,3,8-10H2,1-2H3. The summed E-state index contributed by atoms with van der Waals surface area (Å²) in [4.78, 5) is 0. The average molecular weight is 256 g/mol. The van der Waals surface area contributed by atoms with Crippen LogP contribution in [0.4, 0.5) is 0 Å². The molecule has 0 aliphatic carbocycles. The molecule has 0 aliphatic heterocycles. The van der Waals surface area contributed by atoms with E-state index in [0.29, 0.717) is 13.2 Å². The number of benzene rings is 1. The van der Waals surface area contributed by atoms with E-state index in [1.54, 1.807) is 11.8 Å². The highest BCUT2D eigenvalue weighted by Gasteiger charge is 2.00. The minimum Gasteiger partial charge on any atom is -0.494 e. The minimum absolute atomic E-state index is 0.216. The summed E-state index contributed by atoms with van der Waals surface area (Å²) < 4.78 is 10.9. The van der Waals surface area contributed by atoms with Gasteiger partial charge in [-0.2, -0.15) is 11.8 Å². The van der Waals surface area contributed by atoms with Crippen LogP contribution in [-0.2, 0) is 0 Å². The first kappa shape index (κ1) is 14.2. The van der Waals surface area contributed by atoms with Crippen LogP contribution in [0.3, 0.4) is 0 Å². The van der Waals surface area contributed by atoms with Crippen molar-refractivity contribution in [2.45, 2.75) is 19.1 Å². The third-order valence-electron chi connectivity index (χ3n) is 2.15. The maximum atomic E-state index is 8.86. The zero-order valence-corrected chi connectivity index (χ0v) is 11.2. The molecule has 0 saturated carbocycles. The van der Waals surface area contributed by atoms with Crippen LogP contribution < -0.4 is 9.47 Å². The SMILES string of the molecule is CCOc1ccc(OCCSC(C)CO)cc1. The Hall–Kier alpha value is -0.870. The van der Waals surface area contributed by atoms with Gasteiger partial charge in [-0.05, 0) is 31.2 Å². The molecule has 3 nitrogen and oxygen atoms in total. The zero-order chi connectivity index (χ0) is 12.5. The first-order valence-electron chi connectivity index (χ1n) is 5.84. The third-order valence-corrected chi connectivity index (χ3v) is 3.27. The zero-order valence-electron chi connectivity index (χ0n) is 10.4. The van der Waals surface area contributed by atoms with E-state index < -0.39 is 0 Å². The monoisotopic (exact) mass is 256 g/mol. The van der Waals surface area contributed by atoms with E-state index in [0.717, 1.165) is 17.3 Å². The number of aliphatic hydroxyl groups excluding tert-OH is 1. The van der Waals surface area contributed by atoms with Crippen molar-refractivity contribution in [3.8, 4) is 11.5 Å². The van der Waals surface area contributed by atoms with Crippen LogP contribution in [-0.4, -0.2) is 35.9 Å². The van der Waals surface area contributed by atoms with Crippen LogP contribution in [0, 0.1) is 0 Å².